The Hall–Kier alpha value is -1.18. The van der Waals surface area contributed by atoms with Crippen LogP contribution in [0.1, 0.15) is 40.0 Å². The Balaban J connectivity index is 2.70. The van der Waals surface area contributed by atoms with Crippen molar-refractivity contribution in [3.8, 4) is 0 Å². The number of carbonyl (C=O) groups is 1. The maximum atomic E-state index is 11.5. The molecule has 1 aliphatic heterocycles. The van der Waals surface area contributed by atoms with Crippen LogP contribution in [0.5, 0.6) is 0 Å². The highest BCUT2D eigenvalue weighted by Gasteiger charge is 2.37. The van der Waals surface area contributed by atoms with Gasteiger partial charge in [0.25, 0.3) is 0 Å². The molecule has 0 amide bonds. The fourth-order valence-electron chi connectivity index (χ4n) is 3.18. The fraction of sp³-hybridized carbons (Fsp3) is 0.765. The number of carboxylic acid groups (broad SMARTS) is 1. The molecule has 0 aromatic carbocycles. The van der Waals surface area contributed by atoms with Crippen molar-refractivity contribution < 1.29 is 19.9 Å². The molecule has 7 heteroatoms. The largest absolute Gasteiger partial charge is 0.481 e. The number of nitrogens with zero attached hydrogens (tertiary/aromatic N) is 2. The van der Waals surface area contributed by atoms with Gasteiger partial charge in [-0.2, -0.15) is 0 Å². The van der Waals surface area contributed by atoms with E-state index in [2.05, 4.69) is 23.7 Å². The van der Waals surface area contributed by atoms with E-state index in [4.69, 9.17) is 10.0 Å². The number of likely N-dealkylation sites (tertiary alicyclic amines) is 1. The molecule has 0 bridgehead atoms. The number of aliphatic carboxylic acids is 1. The van der Waals surface area contributed by atoms with Crippen molar-refractivity contribution in [2.45, 2.75) is 46.4 Å². The molecule has 1 fully saturated rings. The number of carboxylic acids is 1. The molecule has 24 heavy (non-hydrogen) atoms. The summed E-state index contributed by atoms with van der Waals surface area (Å²) in [6, 6.07) is 0. The zero-order chi connectivity index (χ0) is 18.1. The van der Waals surface area contributed by atoms with Gasteiger partial charge in [0.05, 0.1) is 5.92 Å². The SMILES string of the molecule is C/C=C\N=C(CN1CC(CCCB(O)O)C(C(=O)O)C1)C(C)CC. The van der Waals surface area contributed by atoms with Gasteiger partial charge in [-0.1, -0.05) is 26.3 Å². The number of hydrogen-bond donors (Lipinski definition) is 3. The van der Waals surface area contributed by atoms with Crippen molar-refractivity contribution in [1.29, 1.82) is 0 Å². The summed E-state index contributed by atoms with van der Waals surface area (Å²) in [6.45, 7) is 8.16. The van der Waals surface area contributed by atoms with Gasteiger partial charge in [-0.25, -0.2) is 0 Å². The van der Waals surface area contributed by atoms with Gasteiger partial charge in [0.1, 0.15) is 0 Å². The first-order valence-electron chi connectivity index (χ1n) is 8.88. The van der Waals surface area contributed by atoms with Crippen LogP contribution in [0.4, 0.5) is 0 Å². The Morgan fingerprint density at radius 3 is 2.67 bits per heavy atom. The summed E-state index contributed by atoms with van der Waals surface area (Å²) >= 11 is 0. The predicted octanol–water partition coefficient (Wildman–Crippen LogP) is 1.89. The lowest BCUT2D eigenvalue weighted by molar-refractivity contribution is -0.142. The van der Waals surface area contributed by atoms with Crippen molar-refractivity contribution in [3.63, 3.8) is 0 Å². The van der Waals surface area contributed by atoms with Crippen LogP contribution in [-0.4, -0.2) is 58.5 Å². The molecule has 3 N–H and O–H groups in total. The Morgan fingerprint density at radius 1 is 1.42 bits per heavy atom. The summed E-state index contributed by atoms with van der Waals surface area (Å²) in [6.07, 6.45) is 6.33. The molecule has 1 rings (SSSR count). The third kappa shape index (κ3) is 6.75. The molecule has 136 valence electrons. The lowest BCUT2D eigenvalue weighted by Gasteiger charge is -2.20. The van der Waals surface area contributed by atoms with E-state index in [1.807, 2.05) is 13.0 Å². The van der Waals surface area contributed by atoms with Crippen LogP contribution in [0.25, 0.3) is 0 Å². The van der Waals surface area contributed by atoms with Crippen molar-refractivity contribution in [2.24, 2.45) is 22.7 Å². The van der Waals surface area contributed by atoms with Crippen LogP contribution in [0.2, 0.25) is 6.32 Å². The van der Waals surface area contributed by atoms with Crippen molar-refractivity contribution >= 4 is 18.8 Å². The molecular weight excluding hydrogens is 307 g/mol. The van der Waals surface area contributed by atoms with Gasteiger partial charge in [0.2, 0.25) is 0 Å². The van der Waals surface area contributed by atoms with Gasteiger partial charge in [-0.3, -0.25) is 14.7 Å². The molecule has 0 saturated carbocycles. The van der Waals surface area contributed by atoms with E-state index in [9.17, 15) is 9.90 Å². The molecule has 0 aliphatic carbocycles. The predicted molar refractivity (Wildman–Crippen MR) is 97.0 cm³/mol. The maximum Gasteiger partial charge on any atom is 0.451 e. The van der Waals surface area contributed by atoms with Crippen molar-refractivity contribution in [3.05, 3.63) is 12.3 Å². The summed E-state index contributed by atoms with van der Waals surface area (Å²) in [7, 11) is -1.31. The van der Waals surface area contributed by atoms with Crippen molar-refractivity contribution in [2.75, 3.05) is 19.6 Å². The third-order valence-corrected chi connectivity index (χ3v) is 4.83. The summed E-state index contributed by atoms with van der Waals surface area (Å²) in [4.78, 5) is 18.2. The summed E-state index contributed by atoms with van der Waals surface area (Å²) in [5.41, 5.74) is 1.09. The van der Waals surface area contributed by atoms with E-state index in [-0.39, 0.29) is 11.8 Å². The van der Waals surface area contributed by atoms with E-state index in [1.54, 1.807) is 6.20 Å². The van der Waals surface area contributed by atoms with E-state index in [0.717, 1.165) is 18.7 Å². The smallest absolute Gasteiger partial charge is 0.451 e. The topological polar surface area (TPSA) is 93.4 Å². The molecule has 1 heterocycles. The summed E-state index contributed by atoms with van der Waals surface area (Å²) in [5.74, 6) is -0.725. The first-order chi connectivity index (χ1) is 11.4. The second-order valence-corrected chi connectivity index (χ2v) is 6.72. The highest BCUT2D eigenvalue weighted by Crippen LogP contribution is 2.28. The summed E-state index contributed by atoms with van der Waals surface area (Å²) in [5, 5.41) is 27.4. The molecule has 0 spiro atoms. The van der Waals surface area contributed by atoms with Crippen molar-refractivity contribution in [1.82, 2.24) is 4.90 Å². The van der Waals surface area contributed by atoms with Gasteiger partial charge < -0.3 is 15.2 Å². The molecule has 0 aromatic rings. The molecule has 3 unspecified atom stereocenters. The second kappa shape index (κ2) is 10.6. The Morgan fingerprint density at radius 2 is 2.12 bits per heavy atom. The number of hydrogen-bond acceptors (Lipinski definition) is 5. The molecule has 0 aromatic heterocycles. The Kier molecular flexibility index (Phi) is 9.25. The Bertz CT molecular complexity index is 454. The van der Waals surface area contributed by atoms with Gasteiger partial charge in [0, 0.05) is 31.5 Å². The van der Waals surface area contributed by atoms with Gasteiger partial charge in [0.15, 0.2) is 0 Å². The average Bonchev–Trinajstić information content (AvgIpc) is 2.93. The van der Waals surface area contributed by atoms with Gasteiger partial charge in [-0.05, 0) is 37.9 Å². The van der Waals surface area contributed by atoms with E-state index in [1.165, 1.54) is 0 Å². The van der Waals surface area contributed by atoms with Crippen LogP contribution < -0.4 is 0 Å². The number of allylic oxidation sites excluding steroid dienone is 1. The zero-order valence-electron chi connectivity index (χ0n) is 15.1. The quantitative estimate of drug-likeness (QED) is 0.418. The number of rotatable bonds is 10. The van der Waals surface area contributed by atoms with Gasteiger partial charge in [-0.15, -0.1) is 0 Å². The highest BCUT2D eigenvalue weighted by atomic mass is 16.4. The molecule has 1 aliphatic rings. The minimum Gasteiger partial charge on any atom is -0.481 e. The van der Waals surface area contributed by atoms with E-state index < -0.39 is 13.1 Å². The number of aliphatic imine (C=N–C) groups is 1. The van der Waals surface area contributed by atoms with Crippen LogP contribution in [0.3, 0.4) is 0 Å². The Labute approximate surface area is 145 Å². The molecule has 1 saturated heterocycles. The lowest BCUT2D eigenvalue weighted by Crippen LogP contribution is -2.31. The second-order valence-electron chi connectivity index (χ2n) is 6.72. The molecule has 0 radical (unpaired) electrons. The monoisotopic (exact) mass is 338 g/mol. The summed E-state index contributed by atoms with van der Waals surface area (Å²) < 4.78 is 0. The first kappa shape index (κ1) is 20.9. The minimum atomic E-state index is -1.31. The first-order valence-corrected chi connectivity index (χ1v) is 8.88. The molecular formula is C17H31BN2O4. The van der Waals surface area contributed by atoms with Crippen LogP contribution in [-0.2, 0) is 4.79 Å². The third-order valence-electron chi connectivity index (χ3n) is 4.83. The van der Waals surface area contributed by atoms with Gasteiger partial charge >= 0.3 is 13.1 Å². The zero-order valence-corrected chi connectivity index (χ0v) is 15.1. The van der Waals surface area contributed by atoms with E-state index in [0.29, 0.717) is 38.2 Å². The van der Waals surface area contributed by atoms with Crippen LogP contribution >= 0.6 is 0 Å². The average molecular weight is 338 g/mol. The molecule has 6 nitrogen and oxygen atoms in total. The minimum absolute atomic E-state index is 0.0566. The standard InChI is InChI=1S/C17H31BN2O4/c1-4-9-19-16(13(3)5-2)12-20-10-14(7-6-8-18(23)24)15(11-20)17(21)22/h4,9,13-15,23-24H,5-8,10-12H2,1-3H3,(H,21,22)/b9-4-,19-16?. The lowest BCUT2D eigenvalue weighted by atomic mass is 9.80. The van der Waals surface area contributed by atoms with Crippen LogP contribution in [0, 0.1) is 17.8 Å². The fourth-order valence-corrected chi connectivity index (χ4v) is 3.18. The maximum absolute atomic E-state index is 11.5. The molecule has 3 atom stereocenters. The van der Waals surface area contributed by atoms with Crippen LogP contribution in [0.15, 0.2) is 17.3 Å². The highest BCUT2D eigenvalue weighted by molar-refractivity contribution is 6.40. The van der Waals surface area contributed by atoms with E-state index >= 15 is 0 Å². The normalized spacial score (nSPS) is 23.8.